The summed E-state index contributed by atoms with van der Waals surface area (Å²) in [4.78, 5) is 3.68. The van der Waals surface area contributed by atoms with Crippen LogP contribution in [0.4, 0.5) is 4.39 Å². The third-order valence-corrected chi connectivity index (χ3v) is 3.32. The first kappa shape index (κ1) is 13.1. The van der Waals surface area contributed by atoms with Crippen molar-refractivity contribution in [2.24, 2.45) is 4.40 Å². The molecule has 0 saturated heterocycles. The van der Waals surface area contributed by atoms with Gasteiger partial charge in [-0.1, -0.05) is 10.5 Å². The normalized spacial score (nSPS) is 15.0. The number of aromatic nitrogens is 1. The van der Waals surface area contributed by atoms with E-state index in [4.69, 9.17) is 0 Å². The van der Waals surface area contributed by atoms with E-state index in [0.29, 0.717) is 11.4 Å². The lowest BCUT2D eigenvalue weighted by Crippen LogP contribution is -2.26. The average molecular weight is 242 g/mol. The molecule has 1 heterocycles. The maximum atomic E-state index is 12.9. The number of pyridine rings is 1. The highest BCUT2D eigenvalue weighted by atomic mass is 32.2. The lowest BCUT2D eigenvalue weighted by Gasteiger charge is -2.18. The van der Waals surface area contributed by atoms with Gasteiger partial charge in [0.2, 0.25) is 5.95 Å². The largest absolute Gasteiger partial charge is 0.591 e. The molecule has 1 aromatic heterocycles. The fourth-order valence-electron chi connectivity index (χ4n) is 0.918. The zero-order chi connectivity index (χ0) is 12.3. The van der Waals surface area contributed by atoms with Crippen LogP contribution >= 0.6 is 0 Å². The SMILES string of the molecule is C/C(=N\[S@+]([O-])C(C)(C)C)c1cccc(F)n1. The molecule has 0 radical (unpaired) electrons. The zero-order valence-electron chi connectivity index (χ0n) is 9.82. The minimum atomic E-state index is -1.35. The van der Waals surface area contributed by atoms with Gasteiger partial charge in [0.1, 0.15) is 21.8 Å². The van der Waals surface area contributed by atoms with E-state index in [1.807, 2.05) is 20.8 Å². The van der Waals surface area contributed by atoms with Crippen LogP contribution in [-0.4, -0.2) is 20.0 Å². The maximum absolute atomic E-state index is 12.9. The molecule has 16 heavy (non-hydrogen) atoms. The van der Waals surface area contributed by atoms with Crippen molar-refractivity contribution in [2.45, 2.75) is 32.4 Å². The van der Waals surface area contributed by atoms with Gasteiger partial charge < -0.3 is 4.55 Å². The van der Waals surface area contributed by atoms with Crippen LogP contribution in [-0.2, 0) is 11.4 Å². The molecule has 0 saturated carbocycles. The highest BCUT2D eigenvalue weighted by molar-refractivity contribution is 7.91. The first-order valence-corrected chi connectivity index (χ1v) is 6.01. The molecule has 0 N–H and O–H groups in total. The van der Waals surface area contributed by atoms with Crippen LogP contribution in [0.5, 0.6) is 0 Å². The van der Waals surface area contributed by atoms with Crippen LogP contribution in [0.25, 0.3) is 0 Å². The molecule has 0 aliphatic heterocycles. The van der Waals surface area contributed by atoms with Crippen molar-refractivity contribution in [3.05, 3.63) is 29.8 Å². The van der Waals surface area contributed by atoms with Gasteiger partial charge in [0.25, 0.3) is 0 Å². The van der Waals surface area contributed by atoms with E-state index in [1.165, 1.54) is 6.07 Å². The summed E-state index contributed by atoms with van der Waals surface area (Å²) in [6.45, 7) is 7.17. The van der Waals surface area contributed by atoms with Crippen molar-refractivity contribution in [3.63, 3.8) is 0 Å². The van der Waals surface area contributed by atoms with Gasteiger partial charge in [0, 0.05) is 0 Å². The molecule has 3 nitrogen and oxygen atoms in total. The van der Waals surface area contributed by atoms with Gasteiger partial charge in [-0.25, -0.2) is 4.98 Å². The quantitative estimate of drug-likeness (QED) is 0.454. The van der Waals surface area contributed by atoms with E-state index in [2.05, 4.69) is 9.38 Å². The molecule has 1 aromatic rings. The molecule has 0 bridgehead atoms. The summed E-state index contributed by atoms with van der Waals surface area (Å²) in [5, 5.41) is 0. The first-order valence-electron chi connectivity index (χ1n) is 4.91. The third-order valence-electron chi connectivity index (χ3n) is 1.83. The third kappa shape index (κ3) is 3.57. The number of halogens is 1. The molecule has 1 atom stereocenters. The Kier molecular flexibility index (Phi) is 4.04. The summed E-state index contributed by atoms with van der Waals surface area (Å²) in [6, 6.07) is 4.45. The zero-order valence-corrected chi connectivity index (χ0v) is 10.6. The average Bonchev–Trinajstić information content (AvgIpc) is 2.16. The molecule has 0 aliphatic carbocycles. The maximum Gasteiger partial charge on any atom is 0.213 e. The van der Waals surface area contributed by atoms with E-state index in [0.717, 1.165) is 0 Å². The molecule has 0 aromatic carbocycles. The predicted octanol–water partition coefficient (Wildman–Crippen LogP) is 2.49. The molecule has 0 spiro atoms. The van der Waals surface area contributed by atoms with Gasteiger partial charge in [0.05, 0.1) is 5.69 Å². The van der Waals surface area contributed by atoms with Crippen LogP contribution < -0.4 is 0 Å². The number of hydrogen-bond acceptors (Lipinski definition) is 3. The van der Waals surface area contributed by atoms with E-state index in [1.54, 1.807) is 19.1 Å². The molecule has 0 aliphatic rings. The Hall–Kier alpha value is -0.940. The highest BCUT2D eigenvalue weighted by Crippen LogP contribution is 2.18. The van der Waals surface area contributed by atoms with Gasteiger partial charge in [-0.15, -0.1) is 0 Å². The lowest BCUT2D eigenvalue weighted by atomic mass is 10.3. The van der Waals surface area contributed by atoms with Crippen molar-refractivity contribution in [1.82, 2.24) is 4.98 Å². The van der Waals surface area contributed by atoms with E-state index >= 15 is 0 Å². The fourth-order valence-corrected chi connectivity index (χ4v) is 1.53. The summed E-state index contributed by atoms with van der Waals surface area (Å²) in [5.41, 5.74) is 0.894. The molecule has 88 valence electrons. The summed E-state index contributed by atoms with van der Waals surface area (Å²) in [6.07, 6.45) is 0. The van der Waals surface area contributed by atoms with Crippen molar-refractivity contribution >= 4 is 17.1 Å². The summed E-state index contributed by atoms with van der Waals surface area (Å²) in [7, 11) is 0. The Morgan fingerprint density at radius 1 is 1.44 bits per heavy atom. The monoisotopic (exact) mass is 242 g/mol. The van der Waals surface area contributed by atoms with E-state index < -0.39 is 22.1 Å². The molecular weight excluding hydrogens is 227 g/mol. The minimum Gasteiger partial charge on any atom is -0.591 e. The fraction of sp³-hybridized carbons (Fsp3) is 0.455. The van der Waals surface area contributed by atoms with Crippen LogP contribution in [0.15, 0.2) is 22.6 Å². The Morgan fingerprint density at radius 2 is 2.06 bits per heavy atom. The Bertz CT molecular complexity index is 401. The molecule has 1 rings (SSSR count). The summed E-state index contributed by atoms with van der Waals surface area (Å²) >= 11 is -1.35. The first-order chi connectivity index (χ1) is 7.30. The van der Waals surface area contributed by atoms with Crippen LogP contribution in [0.1, 0.15) is 33.4 Å². The van der Waals surface area contributed by atoms with Crippen LogP contribution in [0.3, 0.4) is 0 Å². The van der Waals surface area contributed by atoms with Crippen LogP contribution in [0, 0.1) is 5.95 Å². The van der Waals surface area contributed by atoms with Gasteiger partial charge in [-0.3, -0.25) is 0 Å². The predicted molar refractivity (Wildman–Crippen MR) is 64.3 cm³/mol. The Balaban J connectivity index is 2.94. The van der Waals surface area contributed by atoms with Crippen LogP contribution in [0.2, 0.25) is 0 Å². The summed E-state index contributed by atoms with van der Waals surface area (Å²) in [5.74, 6) is -0.561. The van der Waals surface area contributed by atoms with Gasteiger partial charge in [-0.05, 0) is 39.8 Å². The molecule has 0 amide bonds. The molecule has 0 unspecified atom stereocenters. The van der Waals surface area contributed by atoms with Gasteiger partial charge in [-0.2, -0.15) is 4.39 Å². The second kappa shape index (κ2) is 4.93. The standard InChI is InChI=1S/C11H15FN2OS/c1-8(14-16(15)11(2,3)4)9-6-5-7-10(12)13-9/h5-7H,1-4H3/b14-8+/t16-/m1/s1. The van der Waals surface area contributed by atoms with Gasteiger partial charge >= 0.3 is 0 Å². The minimum absolute atomic E-state index is 0.414. The second-order valence-electron chi connectivity index (χ2n) is 4.38. The Labute approximate surface area is 98.1 Å². The van der Waals surface area contributed by atoms with Gasteiger partial charge in [0.15, 0.2) is 0 Å². The van der Waals surface area contributed by atoms with Crippen molar-refractivity contribution in [2.75, 3.05) is 0 Å². The Morgan fingerprint density at radius 3 is 2.56 bits per heavy atom. The lowest BCUT2D eigenvalue weighted by molar-refractivity contribution is 0.561. The summed E-state index contributed by atoms with van der Waals surface area (Å²) < 4.78 is 28.2. The molecule has 5 heteroatoms. The number of nitrogens with zero attached hydrogens (tertiary/aromatic N) is 2. The number of rotatable bonds is 2. The smallest absolute Gasteiger partial charge is 0.213 e. The topological polar surface area (TPSA) is 48.3 Å². The number of hydrogen-bond donors (Lipinski definition) is 0. The van der Waals surface area contributed by atoms with Crippen molar-refractivity contribution in [1.29, 1.82) is 0 Å². The molecule has 0 fully saturated rings. The second-order valence-corrected chi connectivity index (χ2v) is 6.29. The van der Waals surface area contributed by atoms with Crippen molar-refractivity contribution < 1.29 is 8.94 Å². The van der Waals surface area contributed by atoms with Crippen molar-refractivity contribution in [3.8, 4) is 0 Å². The highest BCUT2D eigenvalue weighted by Gasteiger charge is 2.26. The molecular formula is C11H15FN2OS. The van der Waals surface area contributed by atoms with E-state index in [-0.39, 0.29) is 0 Å². The van der Waals surface area contributed by atoms with E-state index in [9.17, 15) is 8.94 Å².